The maximum Gasteiger partial charge on any atom is 0.257 e. The molecule has 3 aromatic rings. The molecule has 0 aliphatic carbocycles. The molecule has 1 aliphatic rings. The Morgan fingerprint density at radius 1 is 1.15 bits per heavy atom. The van der Waals surface area contributed by atoms with E-state index < -0.39 is 0 Å². The number of thiophene rings is 1. The van der Waals surface area contributed by atoms with E-state index in [4.69, 9.17) is 4.74 Å². The number of nitrogens with zero attached hydrogens (tertiary/aromatic N) is 3. The van der Waals surface area contributed by atoms with Gasteiger partial charge in [-0.1, -0.05) is 18.2 Å². The van der Waals surface area contributed by atoms with Gasteiger partial charge in [0.1, 0.15) is 5.75 Å². The van der Waals surface area contributed by atoms with Crippen LogP contribution in [0.2, 0.25) is 0 Å². The fourth-order valence-corrected chi connectivity index (χ4v) is 3.85. The van der Waals surface area contributed by atoms with Gasteiger partial charge in [0.25, 0.3) is 5.91 Å². The maximum atomic E-state index is 12.8. The number of methoxy groups -OCH3 is 1. The van der Waals surface area contributed by atoms with Gasteiger partial charge in [-0.05, 0) is 23.6 Å². The van der Waals surface area contributed by atoms with Crippen LogP contribution in [0.4, 0.5) is 5.82 Å². The molecular weight excluding hydrogens is 348 g/mol. The Kier molecular flexibility index (Phi) is 4.62. The Morgan fingerprint density at radius 3 is 2.69 bits per heavy atom. The van der Waals surface area contributed by atoms with E-state index in [-0.39, 0.29) is 5.91 Å². The molecule has 7 heteroatoms. The van der Waals surface area contributed by atoms with E-state index in [1.54, 1.807) is 18.4 Å². The summed E-state index contributed by atoms with van der Waals surface area (Å²) in [6.07, 6.45) is 0. The molecule has 1 aromatic carbocycles. The highest BCUT2D eigenvalue weighted by Gasteiger charge is 2.25. The molecule has 1 fully saturated rings. The molecule has 6 nitrogen and oxygen atoms in total. The summed E-state index contributed by atoms with van der Waals surface area (Å²) in [6, 6.07) is 13.5. The lowest BCUT2D eigenvalue weighted by Crippen LogP contribution is -2.49. The summed E-state index contributed by atoms with van der Waals surface area (Å²) in [7, 11) is 1.59. The Morgan fingerprint density at radius 2 is 1.96 bits per heavy atom. The average molecular weight is 368 g/mol. The molecule has 2 aromatic heterocycles. The van der Waals surface area contributed by atoms with Crippen LogP contribution in [-0.4, -0.2) is 54.3 Å². The number of hydrogen-bond acceptors (Lipinski definition) is 5. The van der Waals surface area contributed by atoms with Gasteiger partial charge in [-0.2, -0.15) is 5.10 Å². The highest BCUT2D eigenvalue weighted by molar-refractivity contribution is 7.13. The van der Waals surface area contributed by atoms with Crippen molar-refractivity contribution in [3.8, 4) is 16.3 Å². The van der Waals surface area contributed by atoms with Crippen LogP contribution in [0.1, 0.15) is 10.4 Å². The number of H-pyrrole nitrogens is 1. The number of hydrogen-bond donors (Lipinski definition) is 1. The van der Waals surface area contributed by atoms with Crippen molar-refractivity contribution in [2.45, 2.75) is 0 Å². The second-order valence-corrected chi connectivity index (χ2v) is 7.04. The van der Waals surface area contributed by atoms with Crippen molar-refractivity contribution < 1.29 is 9.53 Å². The summed E-state index contributed by atoms with van der Waals surface area (Å²) in [6.45, 7) is 2.85. The van der Waals surface area contributed by atoms with Crippen molar-refractivity contribution in [3.05, 3.63) is 53.4 Å². The van der Waals surface area contributed by atoms with Gasteiger partial charge < -0.3 is 14.5 Å². The van der Waals surface area contributed by atoms with Crippen LogP contribution in [-0.2, 0) is 0 Å². The molecule has 1 saturated heterocycles. The van der Waals surface area contributed by atoms with Crippen LogP contribution < -0.4 is 9.64 Å². The minimum atomic E-state index is 0.0170. The second kappa shape index (κ2) is 7.21. The van der Waals surface area contributed by atoms with Gasteiger partial charge in [0.15, 0.2) is 5.82 Å². The lowest BCUT2D eigenvalue weighted by atomic mass is 10.1. The summed E-state index contributed by atoms with van der Waals surface area (Å²) in [5.74, 6) is 1.56. The predicted octanol–water partition coefficient (Wildman–Crippen LogP) is 3.11. The topological polar surface area (TPSA) is 61.5 Å². The quantitative estimate of drug-likeness (QED) is 0.769. The number of ether oxygens (including phenoxy) is 1. The molecule has 1 N–H and O–H groups in total. The highest BCUT2D eigenvalue weighted by Crippen LogP contribution is 2.26. The zero-order valence-corrected chi connectivity index (χ0v) is 15.3. The molecule has 0 unspecified atom stereocenters. The smallest absolute Gasteiger partial charge is 0.257 e. The molecule has 0 radical (unpaired) electrons. The van der Waals surface area contributed by atoms with Gasteiger partial charge >= 0.3 is 0 Å². The SMILES string of the molecule is COc1ccccc1C(=O)N1CCN(c2cc(-c3cccs3)[nH]n2)CC1. The van der Waals surface area contributed by atoms with Crippen LogP contribution in [0.3, 0.4) is 0 Å². The largest absolute Gasteiger partial charge is 0.496 e. The van der Waals surface area contributed by atoms with E-state index in [0.29, 0.717) is 24.4 Å². The zero-order valence-electron chi connectivity index (χ0n) is 14.5. The van der Waals surface area contributed by atoms with Gasteiger partial charge in [0.05, 0.1) is 23.2 Å². The van der Waals surface area contributed by atoms with Crippen molar-refractivity contribution in [2.24, 2.45) is 0 Å². The van der Waals surface area contributed by atoms with Crippen LogP contribution in [0, 0.1) is 0 Å². The van der Waals surface area contributed by atoms with E-state index in [0.717, 1.165) is 24.6 Å². The molecule has 3 heterocycles. The Hall–Kier alpha value is -2.80. The Balaban J connectivity index is 1.42. The number of benzene rings is 1. The number of carbonyl (C=O) groups is 1. The Bertz CT molecular complexity index is 883. The van der Waals surface area contributed by atoms with Gasteiger partial charge in [-0.3, -0.25) is 9.89 Å². The summed E-state index contributed by atoms with van der Waals surface area (Å²) in [5, 5.41) is 9.59. The van der Waals surface area contributed by atoms with E-state index in [1.807, 2.05) is 35.2 Å². The van der Waals surface area contributed by atoms with Gasteiger partial charge in [0, 0.05) is 32.2 Å². The number of amides is 1. The molecule has 0 saturated carbocycles. The molecule has 0 atom stereocenters. The van der Waals surface area contributed by atoms with Crippen LogP contribution in [0.25, 0.3) is 10.6 Å². The average Bonchev–Trinajstić information content (AvgIpc) is 3.39. The number of aromatic amines is 1. The van der Waals surface area contributed by atoms with Gasteiger partial charge in [-0.25, -0.2) is 0 Å². The molecule has 26 heavy (non-hydrogen) atoms. The number of aromatic nitrogens is 2. The molecule has 0 bridgehead atoms. The minimum Gasteiger partial charge on any atom is -0.496 e. The van der Waals surface area contributed by atoms with Gasteiger partial charge in [-0.15, -0.1) is 11.3 Å². The number of nitrogens with one attached hydrogen (secondary N) is 1. The maximum absolute atomic E-state index is 12.8. The molecule has 1 aliphatic heterocycles. The first-order chi connectivity index (χ1) is 12.8. The molecular formula is C19H20N4O2S. The van der Waals surface area contributed by atoms with E-state index in [1.165, 1.54) is 4.88 Å². The first-order valence-corrected chi connectivity index (χ1v) is 9.41. The lowest BCUT2D eigenvalue weighted by Gasteiger charge is -2.35. The summed E-state index contributed by atoms with van der Waals surface area (Å²) in [5.41, 5.74) is 1.64. The van der Waals surface area contributed by atoms with E-state index >= 15 is 0 Å². The lowest BCUT2D eigenvalue weighted by molar-refractivity contribution is 0.0743. The third kappa shape index (κ3) is 3.17. The fraction of sp³-hybridized carbons (Fsp3) is 0.263. The normalized spacial score (nSPS) is 14.5. The third-order valence-corrected chi connectivity index (χ3v) is 5.48. The van der Waals surface area contributed by atoms with Crippen molar-refractivity contribution in [3.63, 3.8) is 0 Å². The minimum absolute atomic E-state index is 0.0170. The predicted molar refractivity (Wildman–Crippen MR) is 103 cm³/mol. The number of para-hydroxylation sites is 1. The van der Waals surface area contributed by atoms with Gasteiger partial charge in [0.2, 0.25) is 0 Å². The molecule has 0 spiro atoms. The number of piperazine rings is 1. The zero-order chi connectivity index (χ0) is 17.9. The standard InChI is InChI=1S/C19H20N4O2S/c1-25-16-6-3-2-5-14(16)19(24)23-10-8-22(9-11-23)18-13-15(20-21-18)17-7-4-12-26-17/h2-7,12-13H,8-11H2,1H3,(H,20,21). The number of rotatable bonds is 4. The monoisotopic (exact) mass is 368 g/mol. The number of carbonyl (C=O) groups excluding carboxylic acids is 1. The van der Waals surface area contributed by atoms with E-state index in [2.05, 4.69) is 32.6 Å². The second-order valence-electron chi connectivity index (χ2n) is 6.10. The molecule has 1 amide bonds. The number of anilines is 1. The summed E-state index contributed by atoms with van der Waals surface area (Å²) in [4.78, 5) is 18.0. The summed E-state index contributed by atoms with van der Waals surface area (Å²) >= 11 is 1.69. The van der Waals surface area contributed by atoms with Crippen molar-refractivity contribution in [2.75, 3.05) is 38.2 Å². The van der Waals surface area contributed by atoms with Crippen molar-refractivity contribution in [1.29, 1.82) is 0 Å². The molecule has 134 valence electrons. The Labute approximate surface area is 156 Å². The first kappa shape index (κ1) is 16.7. The van der Waals surface area contributed by atoms with Crippen molar-refractivity contribution >= 4 is 23.1 Å². The first-order valence-electron chi connectivity index (χ1n) is 8.53. The van der Waals surface area contributed by atoms with Crippen LogP contribution >= 0.6 is 11.3 Å². The van der Waals surface area contributed by atoms with Crippen molar-refractivity contribution in [1.82, 2.24) is 15.1 Å². The summed E-state index contributed by atoms with van der Waals surface area (Å²) < 4.78 is 5.31. The van der Waals surface area contributed by atoms with Crippen LogP contribution in [0.5, 0.6) is 5.75 Å². The van der Waals surface area contributed by atoms with E-state index in [9.17, 15) is 4.79 Å². The highest BCUT2D eigenvalue weighted by atomic mass is 32.1. The van der Waals surface area contributed by atoms with Crippen LogP contribution in [0.15, 0.2) is 47.8 Å². The molecule has 4 rings (SSSR count). The fourth-order valence-electron chi connectivity index (χ4n) is 3.16. The third-order valence-electron chi connectivity index (χ3n) is 4.58.